The first-order valence-electron chi connectivity index (χ1n) is 6.48. The molecule has 0 heterocycles. The number of methoxy groups -OCH3 is 1. The molecule has 0 radical (unpaired) electrons. The van der Waals surface area contributed by atoms with Gasteiger partial charge in [0.15, 0.2) is 5.78 Å². The molecule has 1 aliphatic rings. The average Bonchev–Trinajstić information content (AvgIpc) is 2.30. The molecule has 0 atom stereocenters. The summed E-state index contributed by atoms with van der Waals surface area (Å²) < 4.78 is 5.56. The first-order chi connectivity index (χ1) is 7.96. The minimum absolute atomic E-state index is 0.241. The normalized spacial score (nSPS) is 21.8. The van der Waals surface area contributed by atoms with E-state index in [1.165, 1.54) is 0 Å². The number of carbonyl (C=O) groups excluding carboxylic acids is 1. The van der Waals surface area contributed by atoms with Crippen LogP contribution >= 0.6 is 0 Å². The predicted molar refractivity (Wildman–Crippen MR) is 69.7 cm³/mol. The minimum Gasteiger partial charge on any atom is -0.370 e. The van der Waals surface area contributed by atoms with Gasteiger partial charge in [-0.15, -0.1) is 12.3 Å². The van der Waals surface area contributed by atoms with Crippen molar-refractivity contribution in [1.29, 1.82) is 0 Å². The van der Waals surface area contributed by atoms with Gasteiger partial charge in [0.25, 0.3) is 0 Å². The van der Waals surface area contributed by atoms with Gasteiger partial charge < -0.3 is 4.74 Å². The highest BCUT2D eigenvalue weighted by Crippen LogP contribution is 2.42. The lowest BCUT2D eigenvalue weighted by Gasteiger charge is -2.41. The van der Waals surface area contributed by atoms with Gasteiger partial charge in [0.2, 0.25) is 0 Å². The lowest BCUT2D eigenvalue weighted by atomic mass is 9.69. The van der Waals surface area contributed by atoms with Crippen LogP contribution < -0.4 is 0 Å². The molecule has 2 heteroatoms. The van der Waals surface area contributed by atoms with Crippen LogP contribution in [-0.2, 0) is 9.53 Å². The van der Waals surface area contributed by atoms with Gasteiger partial charge in [-0.3, -0.25) is 4.79 Å². The van der Waals surface area contributed by atoms with Crippen molar-refractivity contribution >= 4 is 5.78 Å². The van der Waals surface area contributed by atoms with E-state index < -0.39 is 5.60 Å². The molecule has 1 fully saturated rings. The first-order valence-corrected chi connectivity index (χ1v) is 6.48. The molecule has 0 aromatic carbocycles. The quantitative estimate of drug-likeness (QED) is 0.540. The Bertz CT molecular complexity index is 299. The fourth-order valence-electron chi connectivity index (χ4n) is 2.51. The molecule has 2 nitrogen and oxygen atoms in total. The van der Waals surface area contributed by atoms with Crippen LogP contribution in [0.3, 0.4) is 0 Å². The lowest BCUT2D eigenvalue weighted by Crippen LogP contribution is -2.45. The van der Waals surface area contributed by atoms with Crippen LogP contribution in [0, 0.1) is 17.8 Å². The van der Waals surface area contributed by atoms with Crippen LogP contribution in [0.2, 0.25) is 0 Å². The van der Waals surface area contributed by atoms with Crippen molar-refractivity contribution in [2.75, 3.05) is 7.11 Å². The second-order valence-corrected chi connectivity index (χ2v) is 5.84. The summed E-state index contributed by atoms with van der Waals surface area (Å²) in [7, 11) is 1.66. The maximum absolute atomic E-state index is 12.2. The van der Waals surface area contributed by atoms with Crippen LogP contribution in [0.1, 0.15) is 58.8 Å². The monoisotopic (exact) mass is 236 g/mol. The summed E-state index contributed by atoms with van der Waals surface area (Å²) in [4.78, 5) is 12.2. The lowest BCUT2D eigenvalue weighted by molar-refractivity contribution is -0.148. The molecular formula is C15H24O2. The molecule has 0 aromatic heterocycles. The largest absolute Gasteiger partial charge is 0.370 e. The number of ether oxygens (including phenoxy) is 1. The molecular weight excluding hydrogens is 212 g/mol. The second kappa shape index (κ2) is 5.69. The van der Waals surface area contributed by atoms with Crippen molar-refractivity contribution in [3.8, 4) is 12.3 Å². The van der Waals surface area contributed by atoms with E-state index in [0.29, 0.717) is 18.3 Å². The van der Waals surface area contributed by atoms with E-state index in [1.807, 2.05) is 0 Å². The second-order valence-electron chi connectivity index (χ2n) is 5.84. The van der Waals surface area contributed by atoms with Crippen LogP contribution in [0.5, 0.6) is 0 Å². The zero-order chi connectivity index (χ0) is 12.9. The average molecular weight is 236 g/mol. The Balaban J connectivity index is 2.58. The van der Waals surface area contributed by atoms with E-state index in [4.69, 9.17) is 11.2 Å². The summed E-state index contributed by atoms with van der Waals surface area (Å²) in [6.07, 6.45) is 11.0. The molecule has 0 aromatic rings. The highest BCUT2D eigenvalue weighted by molar-refractivity contribution is 5.87. The Morgan fingerprint density at radius 1 is 1.29 bits per heavy atom. The zero-order valence-electron chi connectivity index (χ0n) is 11.3. The molecule has 0 saturated heterocycles. The fourth-order valence-corrected chi connectivity index (χ4v) is 2.51. The van der Waals surface area contributed by atoms with E-state index in [1.54, 1.807) is 7.11 Å². The van der Waals surface area contributed by atoms with Gasteiger partial charge in [-0.1, -0.05) is 13.8 Å². The molecule has 17 heavy (non-hydrogen) atoms. The van der Waals surface area contributed by atoms with E-state index in [9.17, 15) is 4.79 Å². The van der Waals surface area contributed by atoms with E-state index in [2.05, 4.69) is 19.8 Å². The Hall–Kier alpha value is -0.810. The summed E-state index contributed by atoms with van der Waals surface area (Å²) in [5.41, 5.74) is -0.175. The van der Waals surface area contributed by atoms with E-state index in [-0.39, 0.29) is 5.78 Å². The van der Waals surface area contributed by atoms with Crippen molar-refractivity contribution in [3.05, 3.63) is 0 Å². The van der Waals surface area contributed by atoms with E-state index in [0.717, 1.165) is 32.1 Å². The van der Waals surface area contributed by atoms with E-state index >= 15 is 0 Å². The Labute approximate surface area is 105 Å². The van der Waals surface area contributed by atoms with Gasteiger partial charge in [0.05, 0.1) is 0 Å². The molecule has 1 rings (SSSR count). The third kappa shape index (κ3) is 3.57. The van der Waals surface area contributed by atoms with Gasteiger partial charge in [0, 0.05) is 20.0 Å². The van der Waals surface area contributed by atoms with Crippen molar-refractivity contribution in [2.24, 2.45) is 5.41 Å². The minimum atomic E-state index is -0.524. The summed E-state index contributed by atoms with van der Waals surface area (Å²) >= 11 is 0. The number of hydrogen-bond donors (Lipinski definition) is 0. The number of carbonyl (C=O) groups is 1. The summed E-state index contributed by atoms with van der Waals surface area (Å²) in [5.74, 6) is 2.82. The van der Waals surface area contributed by atoms with Gasteiger partial charge in [-0.25, -0.2) is 0 Å². The third-order valence-electron chi connectivity index (χ3n) is 4.04. The van der Waals surface area contributed by atoms with Gasteiger partial charge in [-0.05, 0) is 37.5 Å². The molecule has 0 spiro atoms. The molecule has 0 bridgehead atoms. The smallest absolute Gasteiger partial charge is 0.164 e. The number of Topliss-reactive ketones (excluding diaryl/α,β-unsaturated/α-hetero) is 1. The summed E-state index contributed by atoms with van der Waals surface area (Å²) in [6.45, 7) is 4.52. The fraction of sp³-hybridized carbons (Fsp3) is 0.800. The summed E-state index contributed by atoms with van der Waals surface area (Å²) in [6, 6.07) is 0. The maximum atomic E-state index is 12.2. The topological polar surface area (TPSA) is 26.3 Å². The van der Waals surface area contributed by atoms with Crippen molar-refractivity contribution in [3.63, 3.8) is 0 Å². The SMILES string of the molecule is C#CCCCC(=O)C1(OC)CCC(C)(C)CC1. The zero-order valence-corrected chi connectivity index (χ0v) is 11.3. The summed E-state index contributed by atoms with van der Waals surface area (Å²) in [5, 5.41) is 0. The van der Waals surface area contributed by atoms with Crippen molar-refractivity contribution in [2.45, 2.75) is 64.4 Å². The predicted octanol–water partition coefficient (Wildman–Crippen LogP) is 3.34. The van der Waals surface area contributed by atoms with Gasteiger partial charge >= 0.3 is 0 Å². The Morgan fingerprint density at radius 2 is 1.88 bits per heavy atom. The number of rotatable bonds is 5. The van der Waals surface area contributed by atoms with Crippen LogP contribution in [-0.4, -0.2) is 18.5 Å². The first kappa shape index (κ1) is 14.3. The molecule has 0 N–H and O–H groups in total. The highest BCUT2D eigenvalue weighted by atomic mass is 16.5. The number of unbranched alkanes of at least 4 members (excludes halogenated alkanes) is 1. The highest BCUT2D eigenvalue weighted by Gasteiger charge is 2.43. The van der Waals surface area contributed by atoms with Gasteiger partial charge in [-0.2, -0.15) is 0 Å². The van der Waals surface area contributed by atoms with Crippen LogP contribution in [0.4, 0.5) is 0 Å². The molecule has 0 aliphatic heterocycles. The van der Waals surface area contributed by atoms with Crippen molar-refractivity contribution in [1.82, 2.24) is 0 Å². The third-order valence-corrected chi connectivity index (χ3v) is 4.04. The molecule has 1 saturated carbocycles. The maximum Gasteiger partial charge on any atom is 0.164 e. The van der Waals surface area contributed by atoms with Crippen LogP contribution in [0.15, 0.2) is 0 Å². The van der Waals surface area contributed by atoms with Crippen molar-refractivity contribution < 1.29 is 9.53 Å². The number of terminal acetylenes is 1. The number of ketones is 1. The molecule has 0 amide bonds. The van der Waals surface area contributed by atoms with Gasteiger partial charge in [0.1, 0.15) is 5.60 Å². The molecule has 0 unspecified atom stereocenters. The Morgan fingerprint density at radius 3 is 2.35 bits per heavy atom. The standard InChI is InChI=1S/C15H24O2/c1-5-6-7-8-13(16)15(17-4)11-9-14(2,3)10-12-15/h1H,6-12H2,2-4H3. The van der Waals surface area contributed by atoms with Crippen LogP contribution in [0.25, 0.3) is 0 Å². The Kier molecular flexibility index (Phi) is 4.77. The number of hydrogen-bond acceptors (Lipinski definition) is 2. The molecule has 96 valence electrons. The molecule has 1 aliphatic carbocycles.